The Kier molecular flexibility index (Phi) is 3.85. The van der Waals surface area contributed by atoms with E-state index in [1.165, 1.54) is 5.39 Å². The number of benzene rings is 1. The van der Waals surface area contributed by atoms with Crippen LogP contribution in [0.5, 0.6) is 0 Å². The highest BCUT2D eigenvalue weighted by molar-refractivity contribution is 6.20. The molecule has 0 radical (unpaired) electrons. The molecule has 2 atom stereocenters. The maximum absolute atomic E-state index is 6.00. The highest BCUT2D eigenvalue weighted by atomic mass is 35.5. The lowest BCUT2D eigenvalue weighted by Gasteiger charge is -2.16. The van der Waals surface area contributed by atoms with Gasteiger partial charge in [0.05, 0.1) is 0 Å². The van der Waals surface area contributed by atoms with Crippen molar-refractivity contribution in [1.29, 1.82) is 0 Å². The molecular formula is C14H17ClN2. The monoisotopic (exact) mass is 248 g/mol. The van der Waals surface area contributed by atoms with Crippen LogP contribution in [0.25, 0.3) is 10.8 Å². The number of halogens is 1. The maximum Gasteiger partial charge on any atom is 0.134 e. The van der Waals surface area contributed by atoms with Crippen LogP contribution >= 0.6 is 11.6 Å². The molecule has 0 aliphatic carbocycles. The first-order chi connectivity index (χ1) is 8.16. The normalized spacial score (nSPS) is 14.5. The lowest BCUT2D eigenvalue weighted by atomic mass is 10.1. The number of nitrogens with zero attached hydrogens (tertiary/aromatic N) is 1. The zero-order chi connectivity index (χ0) is 12.3. The van der Waals surface area contributed by atoms with Gasteiger partial charge in [0.15, 0.2) is 0 Å². The van der Waals surface area contributed by atoms with Crippen LogP contribution in [-0.4, -0.2) is 16.4 Å². The van der Waals surface area contributed by atoms with E-state index in [2.05, 4.69) is 29.4 Å². The van der Waals surface area contributed by atoms with Crippen LogP contribution in [0.4, 0.5) is 5.82 Å². The summed E-state index contributed by atoms with van der Waals surface area (Å²) in [6.45, 7) is 4.14. The Balaban J connectivity index is 2.24. The smallest absolute Gasteiger partial charge is 0.134 e. The summed E-state index contributed by atoms with van der Waals surface area (Å²) in [4.78, 5) is 4.40. The van der Waals surface area contributed by atoms with Gasteiger partial charge in [0, 0.05) is 23.0 Å². The zero-order valence-corrected chi connectivity index (χ0v) is 10.9. The Bertz CT molecular complexity index is 491. The van der Waals surface area contributed by atoms with Gasteiger partial charge in [-0.05, 0) is 31.7 Å². The van der Waals surface area contributed by atoms with Gasteiger partial charge in [0.25, 0.3) is 0 Å². The van der Waals surface area contributed by atoms with Crippen LogP contribution in [0, 0.1) is 0 Å². The average Bonchev–Trinajstić information content (AvgIpc) is 2.28. The van der Waals surface area contributed by atoms with E-state index in [1.807, 2.05) is 31.3 Å². The summed E-state index contributed by atoms with van der Waals surface area (Å²) >= 11 is 6.00. The van der Waals surface area contributed by atoms with Crippen molar-refractivity contribution in [1.82, 2.24) is 4.98 Å². The first kappa shape index (κ1) is 12.2. The maximum atomic E-state index is 6.00. The molecule has 0 saturated heterocycles. The van der Waals surface area contributed by atoms with Crippen LogP contribution in [0.15, 0.2) is 36.5 Å². The van der Waals surface area contributed by atoms with Gasteiger partial charge in [0.2, 0.25) is 0 Å². The van der Waals surface area contributed by atoms with Crippen LogP contribution in [0.2, 0.25) is 0 Å². The van der Waals surface area contributed by atoms with Gasteiger partial charge in [-0.3, -0.25) is 0 Å². The molecule has 0 amide bonds. The minimum atomic E-state index is 0.174. The van der Waals surface area contributed by atoms with Crippen molar-refractivity contribution in [2.75, 3.05) is 5.32 Å². The van der Waals surface area contributed by atoms with E-state index in [9.17, 15) is 0 Å². The summed E-state index contributed by atoms with van der Waals surface area (Å²) in [5.74, 6) is 0.938. The van der Waals surface area contributed by atoms with Crippen LogP contribution in [-0.2, 0) is 0 Å². The molecule has 0 aliphatic rings. The SMILES string of the molecule is CC(Cl)CC(C)Nc1nccc2ccccc12. The summed E-state index contributed by atoms with van der Waals surface area (Å²) in [5.41, 5.74) is 0. The molecule has 1 heterocycles. The summed E-state index contributed by atoms with van der Waals surface area (Å²) in [6.07, 6.45) is 2.76. The highest BCUT2D eigenvalue weighted by Gasteiger charge is 2.08. The Morgan fingerprint density at radius 1 is 1.24 bits per heavy atom. The van der Waals surface area contributed by atoms with Gasteiger partial charge in [-0.15, -0.1) is 11.6 Å². The number of fused-ring (bicyclic) bond motifs is 1. The van der Waals surface area contributed by atoms with E-state index < -0.39 is 0 Å². The van der Waals surface area contributed by atoms with E-state index in [0.717, 1.165) is 17.6 Å². The second-order valence-electron chi connectivity index (χ2n) is 4.44. The van der Waals surface area contributed by atoms with Gasteiger partial charge in [-0.25, -0.2) is 4.98 Å². The molecular weight excluding hydrogens is 232 g/mol. The van der Waals surface area contributed by atoms with Gasteiger partial charge in [0.1, 0.15) is 5.82 Å². The first-order valence-corrected chi connectivity index (χ1v) is 6.35. The second kappa shape index (κ2) is 5.37. The number of pyridine rings is 1. The molecule has 2 nitrogen and oxygen atoms in total. The second-order valence-corrected chi connectivity index (χ2v) is 5.19. The summed E-state index contributed by atoms with van der Waals surface area (Å²) < 4.78 is 0. The van der Waals surface area contributed by atoms with Crippen molar-refractivity contribution in [2.45, 2.75) is 31.7 Å². The fourth-order valence-electron chi connectivity index (χ4n) is 2.01. The van der Waals surface area contributed by atoms with Crippen molar-refractivity contribution in [2.24, 2.45) is 0 Å². The Hall–Kier alpha value is -1.28. The van der Waals surface area contributed by atoms with Gasteiger partial charge >= 0.3 is 0 Å². The quantitative estimate of drug-likeness (QED) is 0.826. The Labute approximate surface area is 107 Å². The molecule has 90 valence electrons. The number of alkyl halides is 1. The van der Waals surface area contributed by atoms with Crippen LogP contribution < -0.4 is 5.32 Å². The van der Waals surface area contributed by atoms with Crippen molar-refractivity contribution < 1.29 is 0 Å². The molecule has 2 aromatic rings. The molecule has 0 aliphatic heterocycles. The number of aromatic nitrogens is 1. The lowest BCUT2D eigenvalue weighted by molar-refractivity contribution is 0.694. The molecule has 2 rings (SSSR count). The van der Waals surface area contributed by atoms with E-state index in [1.54, 1.807) is 0 Å². The molecule has 0 spiro atoms. The number of hydrogen-bond donors (Lipinski definition) is 1. The fourth-order valence-corrected chi connectivity index (χ4v) is 2.28. The largest absolute Gasteiger partial charge is 0.367 e. The molecule has 3 heteroatoms. The summed E-state index contributed by atoms with van der Waals surface area (Å²) in [5, 5.41) is 5.96. The molecule has 2 unspecified atom stereocenters. The van der Waals surface area contributed by atoms with Crippen molar-refractivity contribution in [3.05, 3.63) is 36.5 Å². The third kappa shape index (κ3) is 3.10. The molecule has 1 N–H and O–H groups in total. The zero-order valence-electron chi connectivity index (χ0n) is 10.2. The standard InChI is InChI=1S/C14H17ClN2/c1-10(15)9-11(2)17-14-13-6-4-3-5-12(13)7-8-16-14/h3-8,10-11H,9H2,1-2H3,(H,16,17). The molecule has 0 fully saturated rings. The Morgan fingerprint density at radius 2 is 2.00 bits per heavy atom. The average molecular weight is 249 g/mol. The number of rotatable bonds is 4. The minimum Gasteiger partial charge on any atom is -0.367 e. The van der Waals surface area contributed by atoms with Gasteiger partial charge < -0.3 is 5.32 Å². The van der Waals surface area contributed by atoms with Gasteiger partial charge in [-0.1, -0.05) is 24.3 Å². The predicted octanol–water partition coefficient (Wildman–Crippen LogP) is 4.05. The van der Waals surface area contributed by atoms with Gasteiger partial charge in [-0.2, -0.15) is 0 Å². The third-order valence-electron chi connectivity index (χ3n) is 2.74. The minimum absolute atomic E-state index is 0.174. The Morgan fingerprint density at radius 3 is 2.76 bits per heavy atom. The number of nitrogens with one attached hydrogen (secondary N) is 1. The van der Waals surface area contributed by atoms with E-state index in [-0.39, 0.29) is 5.38 Å². The molecule has 1 aromatic carbocycles. The molecule has 1 aromatic heterocycles. The fraction of sp³-hybridized carbons (Fsp3) is 0.357. The van der Waals surface area contributed by atoms with Crippen LogP contribution in [0.1, 0.15) is 20.3 Å². The van der Waals surface area contributed by atoms with E-state index in [0.29, 0.717) is 6.04 Å². The highest BCUT2D eigenvalue weighted by Crippen LogP contribution is 2.21. The predicted molar refractivity (Wildman–Crippen MR) is 74.8 cm³/mol. The van der Waals surface area contributed by atoms with Crippen molar-refractivity contribution >= 4 is 28.2 Å². The number of anilines is 1. The van der Waals surface area contributed by atoms with E-state index >= 15 is 0 Å². The van der Waals surface area contributed by atoms with E-state index in [4.69, 9.17) is 11.6 Å². The molecule has 17 heavy (non-hydrogen) atoms. The first-order valence-electron chi connectivity index (χ1n) is 5.91. The summed E-state index contributed by atoms with van der Waals surface area (Å²) in [6, 6.07) is 10.6. The summed E-state index contributed by atoms with van der Waals surface area (Å²) in [7, 11) is 0. The van der Waals surface area contributed by atoms with Crippen molar-refractivity contribution in [3.8, 4) is 0 Å². The van der Waals surface area contributed by atoms with Crippen LogP contribution in [0.3, 0.4) is 0 Å². The third-order valence-corrected chi connectivity index (χ3v) is 2.91. The topological polar surface area (TPSA) is 24.9 Å². The molecule has 0 bridgehead atoms. The number of hydrogen-bond acceptors (Lipinski definition) is 2. The van der Waals surface area contributed by atoms with Crippen molar-refractivity contribution in [3.63, 3.8) is 0 Å². The molecule has 0 saturated carbocycles. The lowest BCUT2D eigenvalue weighted by Crippen LogP contribution is -2.19.